The van der Waals surface area contributed by atoms with Crippen LogP contribution in [0, 0.1) is 0 Å². The molecule has 0 aliphatic heterocycles. The molecule has 0 amide bonds. The van der Waals surface area contributed by atoms with Crippen molar-refractivity contribution in [1.82, 2.24) is 0 Å². The number of benzene rings is 3. The van der Waals surface area contributed by atoms with E-state index in [0.29, 0.717) is 0 Å². The topological polar surface area (TPSA) is 13.1 Å². The fourth-order valence-corrected chi connectivity index (χ4v) is 3.36. The molecular weight excluding hydrogens is 339 g/mol. The summed E-state index contributed by atoms with van der Waals surface area (Å²) in [5.41, 5.74) is 2.90. The molecule has 0 atom stereocenters. The van der Waals surface area contributed by atoms with Gasteiger partial charge in [0.1, 0.15) is 16.4 Å². The van der Waals surface area contributed by atoms with E-state index in [2.05, 4.69) is 0 Å². The lowest BCUT2D eigenvalue weighted by Crippen LogP contribution is -1.85. The van der Waals surface area contributed by atoms with E-state index in [4.69, 9.17) is 27.6 Å². The molecule has 3 heteroatoms. The summed E-state index contributed by atoms with van der Waals surface area (Å²) in [6, 6.07) is 26.1. The van der Waals surface area contributed by atoms with Crippen LogP contribution < -0.4 is 0 Å². The lowest BCUT2D eigenvalue weighted by molar-refractivity contribution is 0.602. The molecule has 0 saturated carbocycles. The molecule has 0 fully saturated rings. The Kier molecular flexibility index (Phi) is 4.05. The number of furan rings is 1. The predicted molar refractivity (Wildman–Crippen MR) is 102 cm³/mol. The minimum Gasteiger partial charge on any atom is -0.455 e. The van der Waals surface area contributed by atoms with Crippen LogP contribution in [0.4, 0.5) is 0 Å². The van der Waals surface area contributed by atoms with Crippen molar-refractivity contribution in [3.63, 3.8) is 0 Å². The van der Waals surface area contributed by atoms with Gasteiger partial charge in [-0.15, -0.1) is 23.2 Å². The van der Waals surface area contributed by atoms with Crippen molar-refractivity contribution < 1.29 is 4.42 Å². The van der Waals surface area contributed by atoms with Crippen LogP contribution >= 0.6 is 23.2 Å². The summed E-state index contributed by atoms with van der Waals surface area (Å²) in [5, 5.41) is 1.99. The highest BCUT2D eigenvalue weighted by molar-refractivity contribution is 6.44. The molecule has 1 nitrogen and oxygen atoms in total. The van der Waals surface area contributed by atoms with Crippen molar-refractivity contribution in [3.8, 4) is 22.6 Å². The van der Waals surface area contributed by atoms with Crippen molar-refractivity contribution in [3.05, 3.63) is 84.4 Å². The standard InChI is InChI=1S/C21H14Cl2O/c22-21(23)17-13-7-12-16-18(17)20(15-10-5-2-6-11-15)24-19(16)14-8-3-1-4-9-14/h1-13,21H. The molecule has 4 aromatic rings. The average molecular weight is 353 g/mol. The molecular formula is C21H14Cl2O. The van der Waals surface area contributed by atoms with Gasteiger partial charge in [-0.05, 0) is 5.56 Å². The van der Waals surface area contributed by atoms with E-state index in [9.17, 15) is 0 Å². The molecule has 0 aliphatic rings. The van der Waals surface area contributed by atoms with E-state index in [1.807, 2.05) is 78.9 Å². The van der Waals surface area contributed by atoms with Crippen LogP contribution in [-0.2, 0) is 0 Å². The number of alkyl halides is 2. The quantitative estimate of drug-likeness (QED) is 0.354. The fraction of sp³-hybridized carbons (Fsp3) is 0.0476. The van der Waals surface area contributed by atoms with Crippen LogP contribution in [0.15, 0.2) is 83.3 Å². The molecule has 0 bridgehead atoms. The van der Waals surface area contributed by atoms with Gasteiger partial charge in [-0.25, -0.2) is 0 Å². The number of rotatable bonds is 3. The Morgan fingerprint density at radius 3 is 1.79 bits per heavy atom. The van der Waals surface area contributed by atoms with Crippen LogP contribution in [0.25, 0.3) is 33.4 Å². The Balaban J connectivity index is 2.08. The third-order valence-corrected chi connectivity index (χ3v) is 4.55. The van der Waals surface area contributed by atoms with Crippen molar-refractivity contribution in [2.75, 3.05) is 0 Å². The Labute approximate surface area is 150 Å². The summed E-state index contributed by atoms with van der Waals surface area (Å²) in [4.78, 5) is -0.614. The third kappa shape index (κ3) is 2.60. The molecule has 24 heavy (non-hydrogen) atoms. The average Bonchev–Trinajstić information content (AvgIpc) is 3.03. The van der Waals surface area contributed by atoms with Crippen LogP contribution in [-0.4, -0.2) is 0 Å². The summed E-state index contributed by atoms with van der Waals surface area (Å²) in [6.07, 6.45) is 0. The molecule has 1 heterocycles. The number of halogens is 2. The molecule has 1 aromatic heterocycles. The fourth-order valence-electron chi connectivity index (χ4n) is 3.00. The second-order valence-corrected chi connectivity index (χ2v) is 6.66. The monoisotopic (exact) mass is 352 g/mol. The van der Waals surface area contributed by atoms with Crippen molar-refractivity contribution >= 4 is 34.0 Å². The first-order chi connectivity index (χ1) is 11.8. The Morgan fingerprint density at radius 1 is 0.625 bits per heavy atom. The van der Waals surface area contributed by atoms with Gasteiger partial charge in [-0.2, -0.15) is 0 Å². The van der Waals surface area contributed by atoms with Crippen LogP contribution in [0.1, 0.15) is 10.4 Å². The zero-order valence-corrected chi connectivity index (χ0v) is 14.3. The van der Waals surface area contributed by atoms with Gasteiger partial charge in [-0.3, -0.25) is 0 Å². The predicted octanol–water partition coefficient (Wildman–Crippen LogP) is 7.24. The highest BCUT2D eigenvalue weighted by Gasteiger charge is 2.21. The number of fused-ring (bicyclic) bond motifs is 1. The summed E-state index contributed by atoms with van der Waals surface area (Å²) in [5.74, 6) is 1.63. The van der Waals surface area contributed by atoms with Crippen LogP contribution in [0.5, 0.6) is 0 Å². The van der Waals surface area contributed by atoms with Crippen molar-refractivity contribution in [1.29, 1.82) is 0 Å². The third-order valence-electron chi connectivity index (χ3n) is 4.08. The van der Waals surface area contributed by atoms with Gasteiger partial charge in [0.15, 0.2) is 0 Å². The van der Waals surface area contributed by atoms with Crippen molar-refractivity contribution in [2.45, 2.75) is 4.84 Å². The van der Waals surface area contributed by atoms with E-state index in [1.165, 1.54) is 0 Å². The largest absolute Gasteiger partial charge is 0.455 e. The van der Waals surface area contributed by atoms with E-state index in [-0.39, 0.29) is 0 Å². The lowest BCUT2D eigenvalue weighted by Gasteiger charge is -2.05. The summed E-state index contributed by atoms with van der Waals surface area (Å²) < 4.78 is 6.31. The van der Waals surface area contributed by atoms with E-state index >= 15 is 0 Å². The zero-order valence-electron chi connectivity index (χ0n) is 12.7. The molecule has 0 spiro atoms. The number of hydrogen-bond acceptors (Lipinski definition) is 1. The summed E-state index contributed by atoms with van der Waals surface area (Å²) in [6.45, 7) is 0. The summed E-state index contributed by atoms with van der Waals surface area (Å²) in [7, 11) is 0. The summed E-state index contributed by atoms with van der Waals surface area (Å²) >= 11 is 12.4. The molecule has 3 aromatic carbocycles. The second kappa shape index (κ2) is 6.35. The second-order valence-electron chi connectivity index (χ2n) is 5.56. The molecule has 4 rings (SSSR count). The van der Waals surface area contributed by atoms with Gasteiger partial charge in [0.05, 0.1) is 0 Å². The van der Waals surface area contributed by atoms with E-state index in [0.717, 1.165) is 39.0 Å². The molecule has 118 valence electrons. The Bertz CT molecular complexity index is 973. The van der Waals surface area contributed by atoms with E-state index < -0.39 is 4.84 Å². The molecule has 0 radical (unpaired) electrons. The highest BCUT2D eigenvalue weighted by Crippen LogP contribution is 2.43. The maximum atomic E-state index is 6.31. The maximum Gasteiger partial charge on any atom is 0.143 e. The minimum atomic E-state index is -0.614. The maximum absolute atomic E-state index is 6.31. The van der Waals surface area contributed by atoms with Crippen molar-refractivity contribution in [2.24, 2.45) is 0 Å². The zero-order chi connectivity index (χ0) is 16.5. The smallest absolute Gasteiger partial charge is 0.143 e. The molecule has 0 unspecified atom stereocenters. The molecule has 0 saturated heterocycles. The first-order valence-electron chi connectivity index (χ1n) is 7.70. The number of hydrogen-bond donors (Lipinski definition) is 0. The van der Waals surface area contributed by atoms with Gasteiger partial charge in [-0.1, -0.05) is 78.9 Å². The SMILES string of the molecule is ClC(Cl)c1cccc2c(-c3ccccc3)oc(-c3ccccc3)c12. The van der Waals surface area contributed by atoms with Gasteiger partial charge >= 0.3 is 0 Å². The van der Waals surface area contributed by atoms with Gasteiger partial charge in [0.2, 0.25) is 0 Å². The minimum absolute atomic E-state index is 0.614. The first kappa shape index (κ1) is 15.3. The van der Waals surface area contributed by atoms with Crippen LogP contribution in [0.2, 0.25) is 0 Å². The van der Waals surface area contributed by atoms with Gasteiger partial charge in [0, 0.05) is 21.9 Å². The Morgan fingerprint density at radius 2 is 1.21 bits per heavy atom. The molecule has 0 N–H and O–H groups in total. The Hall–Kier alpha value is -2.22. The lowest BCUT2D eigenvalue weighted by atomic mass is 10.0. The first-order valence-corrected chi connectivity index (χ1v) is 8.57. The normalized spacial score (nSPS) is 11.3. The van der Waals surface area contributed by atoms with Gasteiger partial charge < -0.3 is 4.42 Å². The molecule has 0 aliphatic carbocycles. The van der Waals surface area contributed by atoms with E-state index in [1.54, 1.807) is 0 Å². The van der Waals surface area contributed by atoms with Gasteiger partial charge in [0.25, 0.3) is 0 Å². The van der Waals surface area contributed by atoms with Crippen LogP contribution in [0.3, 0.4) is 0 Å². The highest BCUT2D eigenvalue weighted by atomic mass is 35.5.